The van der Waals surface area contributed by atoms with Crippen molar-refractivity contribution >= 4 is 23.4 Å². The van der Waals surface area contributed by atoms with Crippen molar-refractivity contribution in [2.75, 3.05) is 18.5 Å². The molecule has 0 saturated carbocycles. The highest BCUT2D eigenvalue weighted by molar-refractivity contribution is 6.22. The predicted octanol–water partition coefficient (Wildman–Crippen LogP) is 3.33. The number of benzene rings is 2. The van der Waals surface area contributed by atoms with Gasteiger partial charge in [-0.05, 0) is 56.2 Å². The summed E-state index contributed by atoms with van der Waals surface area (Å²) in [5.41, 5.74) is 3.04. The van der Waals surface area contributed by atoms with Gasteiger partial charge in [-0.25, -0.2) is 0 Å². The van der Waals surface area contributed by atoms with Gasteiger partial charge in [-0.2, -0.15) is 0 Å². The zero-order valence-electron chi connectivity index (χ0n) is 15.7. The molecule has 140 valence electrons. The fourth-order valence-electron chi connectivity index (χ4n) is 2.97. The molecule has 3 amide bonds. The molecule has 0 fully saturated rings. The molecule has 6 heteroatoms. The predicted molar refractivity (Wildman–Crippen MR) is 102 cm³/mol. The van der Waals surface area contributed by atoms with E-state index in [2.05, 4.69) is 5.32 Å². The van der Waals surface area contributed by atoms with Crippen molar-refractivity contribution in [3.8, 4) is 5.75 Å². The summed E-state index contributed by atoms with van der Waals surface area (Å²) in [5.74, 6) is -0.561. The monoisotopic (exact) mass is 366 g/mol. The SMILES string of the molecule is CCCOc1ccc(NC(=O)CN2C(=O)c3ccc(C)cc3C2=O)c(C)c1. The van der Waals surface area contributed by atoms with E-state index in [0.717, 1.165) is 28.2 Å². The number of carbonyl (C=O) groups excluding carboxylic acids is 3. The molecule has 0 bridgehead atoms. The van der Waals surface area contributed by atoms with Crippen LogP contribution in [0.3, 0.4) is 0 Å². The van der Waals surface area contributed by atoms with Crippen molar-refractivity contribution in [1.82, 2.24) is 4.90 Å². The van der Waals surface area contributed by atoms with E-state index in [0.29, 0.717) is 23.4 Å². The first-order chi connectivity index (χ1) is 12.9. The number of ether oxygens (including phenoxy) is 1. The van der Waals surface area contributed by atoms with Crippen LogP contribution in [0.2, 0.25) is 0 Å². The van der Waals surface area contributed by atoms with E-state index in [1.54, 1.807) is 30.3 Å². The molecule has 0 atom stereocenters. The summed E-state index contributed by atoms with van der Waals surface area (Å²) >= 11 is 0. The molecule has 1 heterocycles. The summed E-state index contributed by atoms with van der Waals surface area (Å²) in [7, 11) is 0. The second kappa shape index (κ2) is 7.61. The molecule has 0 unspecified atom stereocenters. The molecular weight excluding hydrogens is 344 g/mol. The largest absolute Gasteiger partial charge is 0.494 e. The van der Waals surface area contributed by atoms with E-state index in [-0.39, 0.29) is 6.54 Å². The number of carbonyl (C=O) groups is 3. The van der Waals surface area contributed by atoms with E-state index >= 15 is 0 Å². The number of aryl methyl sites for hydroxylation is 2. The number of fused-ring (bicyclic) bond motifs is 1. The summed E-state index contributed by atoms with van der Waals surface area (Å²) in [6.07, 6.45) is 0.914. The van der Waals surface area contributed by atoms with E-state index in [9.17, 15) is 14.4 Å². The maximum absolute atomic E-state index is 12.5. The van der Waals surface area contributed by atoms with Crippen molar-refractivity contribution in [2.45, 2.75) is 27.2 Å². The van der Waals surface area contributed by atoms with Gasteiger partial charge in [0.1, 0.15) is 12.3 Å². The van der Waals surface area contributed by atoms with Crippen molar-refractivity contribution in [2.24, 2.45) is 0 Å². The smallest absolute Gasteiger partial charge is 0.262 e. The molecule has 6 nitrogen and oxygen atoms in total. The van der Waals surface area contributed by atoms with Crippen LogP contribution in [0, 0.1) is 13.8 Å². The summed E-state index contributed by atoms with van der Waals surface area (Å²) in [5, 5.41) is 2.76. The van der Waals surface area contributed by atoms with Crippen LogP contribution in [0.5, 0.6) is 5.75 Å². The molecule has 2 aromatic rings. The first kappa shape index (κ1) is 18.6. The van der Waals surface area contributed by atoms with E-state index in [1.165, 1.54) is 0 Å². The lowest BCUT2D eigenvalue weighted by Crippen LogP contribution is -2.37. The average molecular weight is 366 g/mol. The molecule has 0 spiro atoms. The second-order valence-corrected chi connectivity index (χ2v) is 6.62. The molecule has 0 aromatic heterocycles. The molecule has 0 saturated heterocycles. The highest BCUT2D eigenvalue weighted by atomic mass is 16.5. The Balaban J connectivity index is 1.68. The van der Waals surface area contributed by atoms with Crippen molar-refractivity contribution in [3.05, 3.63) is 58.7 Å². The minimum absolute atomic E-state index is 0.321. The molecule has 27 heavy (non-hydrogen) atoms. The lowest BCUT2D eigenvalue weighted by molar-refractivity contribution is -0.116. The van der Waals surface area contributed by atoms with Crippen LogP contribution in [0.25, 0.3) is 0 Å². The van der Waals surface area contributed by atoms with Gasteiger partial charge in [0.05, 0.1) is 17.7 Å². The molecule has 0 aliphatic carbocycles. The number of nitrogens with one attached hydrogen (secondary N) is 1. The van der Waals surface area contributed by atoms with Crippen LogP contribution in [-0.2, 0) is 4.79 Å². The molecule has 0 radical (unpaired) electrons. The van der Waals surface area contributed by atoms with Crippen LogP contribution in [0.1, 0.15) is 45.2 Å². The summed E-state index contributed by atoms with van der Waals surface area (Å²) in [4.78, 5) is 38.3. The summed E-state index contributed by atoms with van der Waals surface area (Å²) in [6, 6.07) is 10.5. The Hall–Kier alpha value is -3.15. The van der Waals surface area contributed by atoms with E-state index in [4.69, 9.17) is 4.74 Å². The Morgan fingerprint density at radius 3 is 2.48 bits per heavy atom. The first-order valence-corrected chi connectivity index (χ1v) is 8.91. The van der Waals surface area contributed by atoms with Crippen LogP contribution in [0.4, 0.5) is 5.69 Å². The first-order valence-electron chi connectivity index (χ1n) is 8.91. The minimum Gasteiger partial charge on any atom is -0.494 e. The number of nitrogens with zero attached hydrogens (tertiary/aromatic N) is 1. The third-order valence-corrected chi connectivity index (χ3v) is 4.37. The van der Waals surface area contributed by atoms with Gasteiger partial charge in [-0.1, -0.05) is 18.6 Å². The molecular formula is C21H22N2O4. The van der Waals surface area contributed by atoms with Gasteiger partial charge in [0.15, 0.2) is 0 Å². The Morgan fingerprint density at radius 1 is 1.04 bits per heavy atom. The normalized spacial score (nSPS) is 12.9. The van der Waals surface area contributed by atoms with Gasteiger partial charge >= 0.3 is 0 Å². The van der Waals surface area contributed by atoms with Crippen LogP contribution >= 0.6 is 0 Å². The van der Waals surface area contributed by atoms with Gasteiger partial charge < -0.3 is 10.1 Å². The van der Waals surface area contributed by atoms with Gasteiger partial charge in [0, 0.05) is 5.69 Å². The maximum Gasteiger partial charge on any atom is 0.262 e. The number of hydrogen-bond donors (Lipinski definition) is 1. The quantitative estimate of drug-likeness (QED) is 0.796. The van der Waals surface area contributed by atoms with Crippen molar-refractivity contribution < 1.29 is 19.1 Å². The fraction of sp³-hybridized carbons (Fsp3) is 0.286. The lowest BCUT2D eigenvalue weighted by Gasteiger charge is -2.15. The van der Waals surface area contributed by atoms with E-state index in [1.807, 2.05) is 26.8 Å². The fourth-order valence-corrected chi connectivity index (χ4v) is 2.97. The second-order valence-electron chi connectivity index (χ2n) is 6.62. The molecule has 1 aliphatic heterocycles. The zero-order chi connectivity index (χ0) is 19.6. The number of imide groups is 1. The number of hydrogen-bond acceptors (Lipinski definition) is 4. The van der Waals surface area contributed by atoms with Crippen LogP contribution in [-0.4, -0.2) is 35.8 Å². The highest BCUT2D eigenvalue weighted by Crippen LogP contribution is 2.25. The van der Waals surface area contributed by atoms with Gasteiger partial charge in [-0.3, -0.25) is 19.3 Å². The van der Waals surface area contributed by atoms with Gasteiger partial charge in [0.2, 0.25) is 5.91 Å². The number of rotatable bonds is 6. The van der Waals surface area contributed by atoms with Crippen LogP contribution < -0.4 is 10.1 Å². The Morgan fingerprint density at radius 2 is 1.78 bits per heavy atom. The molecule has 1 N–H and O–H groups in total. The number of anilines is 1. The molecule has 1 aliphatic rings. The lowest BCUT2D eigenvalue weighted by atomic mass is 10.1. The van der Waals surface area contributed by atoms with E-state index < -0.39 is 17.7 Å². The maximum atomic E-state index is 12.5. The summed E-state index contributed by atoms with van der Waals surface area (Å²) in [6.45, 7) is 6.05. The third kappa shape index (κ3) is 3.84. The van der Waals surface area contributed by atoms with Crippen molar-refractivity contribution in [3.63, 3.8) is 0 Å². The average Bonchev–Trinajstić information content (AvgIpc) is 2.86. The van der Waals surface area contributed by atoms with Crippen molar-refractivity contribution in [1.29, 1.82) is 0 Å². The number of amides is 3. The summed E-state index contributed by atoms with van der Waals surface area (Å²) < 4.78 is 5.57. The molecule has 2 aromatic carbocycles. The zero-order valence-corrected chi connectivity index (χ0v) is 15.7. The van der Waals surface area contributed by atoms with Crippen LogP contribution in [0.15, 0.2) is 36.4 Å². The van der Waals surface area contributed by atoms with Gasteiger partial charge in [-0.15, -0.1) is 0 Å². The Kier molecular flexibility index (Phi) is 5.26. The highest BCUT2D eigenvalue weighted by Gasteiger charge is 2.36. The Bertz CT molecular complexity index is 920. The Labute approximate surface area is 158 Å². The van der Waals surface area contributed by atoms with Gasteiger partial charge in [0.25, 0.3) is 11.8 Å². The molecule has 3 rings (SSSR count). The minimum atomic E-state index is -0.440. The third-order valence-electron chi connectivity index (χ3n) is 4.37. The topological polar surface area (TPSA) is 75.7 Å². The standard InChI is InChI=1S/C21H22N2O4/c1-4-9-27-15-6-8-18(14(3)11-15)22-19(24)12-23-20(25)16-7-5-13(2)10-17(16)21(23)26/h5-8,10-11H,4,9,12H2,1-3H3,(H,22,24).